The second-order valence-electron chi connectivity index (χ2n) is 10.5. The fourth-order valence-electron chi connectivity index (χ4n) is 5.05. The molecule has 4 aromatic heterocycles. The van der Waals surface area contributed by atoms with Gasteiger partial charge in [-0.15, -0.1) is 5.10 Å². The lowest BCUT2D eigenvalue weighted by molar-refractivity contribution is -0.116. The van der Waals surface area contributed by atoms with E-state index in [1.807, 2.05) is 72.8 Å². The second kappa shape index (κ2) is 10.7. The van der Waals surface area contributed by atoms with Crippen LogP contribution in [0.4, 0.5) is 11.7 Å². The van der Waals surface area contributed by atoms with Gasteiger partial charge in [-0.2, -0.15) is 5.10 Å². The van der Waals surface area contributed by atoms with Gasteiger partial charge in [-0.25, -0.2) is 24.6 Å². The summed E-state index contributed by atoms with van der Waals surface area (Å²) < 4.78 is 7.71. The second-order valence-corrected chi connectivity index (χ2v) is 10.5. The first kappa shape index (κ1) is 25.7. The molecule has 1 fully saturated rings. The van der Waals surface area contributed by atoms with Gasteiger partial charge in [0.05, 0.1) is 17.0 Å². The summed E-state index contributed by atoms with van der Waals surface area (Å²) >= 11 is 0. The zero-order valence-electron chi connectivity index (χ0n) is 23.2. The van der Waals surface area contributed by atoms with Crippen molar-refractivity contribution in [2.75, 3.05) is 10.6 Å². The van der Waals surface area contributed by atoms with E-state index in [4.69, 9.17) is 14.5 Å². The number of benzodiazepines with no additional fused rings is 1. The molecular weight excluding hydrogens is 556 g/mol. The van der Waals surface area contributed by atoms with Crippen molar-refractivity contribution in [2.24, 2.45) is 4.99 Å². The summed E-state index contributed by atoms with van der Waals surface area (Å²) in [7, 11) is 0. The Kier molecular flexibility index (Phi) is 6.21. The summed E-state index contributed by atoms with van der Waals surface area (Å²) in [4.78, 5) is 31.7. The molecule has 8 rings (SSSR count). The van der Waals surface area contributed by atoms with E-state index in [2.05, 4.69) is 35.8 Å². The minimum atomic E-state index is -1.04. The highest BCUT2D eigenvalue weighted by molar-refractivity contribution is 6.19. The maximum Gasteiger partial charge on any atom is 0.317 e. The SMILES string of the molecule is O=C1Nc2ccccc2C(c2ccccc2)=N[C@@H]1Nc1nnc(-c2cn(-c3ccccn3)nc2-c2cnc(C3CC3)nc2)o1. The monoisotopic (exact) mass is 580 g/mol. The minimum Gasteiger partial charge on any atom is -0.403 e. The summed E-state index contributed by atoms with van der Waals surface area (Å²) in [5.74, 6) is 1.72. The van der Waals surface area contributed by atoms with Gasteiger partial charge in [0.2, 0.25) is 6.17 Å². The van der Waals surface area contributed by atoms with Gasteiger partial charge in [0, 0.05) is 47.4 Å². The largest absolute Gasteiger partial charge is 0.403 e. The van der Waals surface area contributed by atoms with Gasteiger partial charge in [-0.05, 0) is 31.0 Å². The van der Waals surface area contributed by atoms with Gasteiger partial charge < -0.3 is 15.1 Å². The summed E-state index contributed by atoms with van der Waals surface area (Å²) in [5, 5.41) is 19.2. The van der Waals surface area contributed by atoms with Gasteiger partial charge in [-0.1, -0.05) is 59.7 Å². The number of aromatic nitrogens is 7. The number of para-hydroxylation sites is 1. The van der Waals surface area contributed by atoms with Crippen LogP contribution in [0.3, 0.4) is 0 Å². The molecule has 0 spiro atoms. The van der Waals surface area contributed by atoms with Crippen molar-refractivity contribution in [3.63, 3.8) is 0 Å². The highest BCUT2D eigenvalue weighted by atomic mass is 16.4. The smallest absolute Gasteiger partial charge is 0.317 e. The third-order valence-corrected chi connectivity index (χ3v) is 7.40. The number of carbonyl (C=O) groups excluding carboxylic acids is 1. The number of rotatable bonds is 7. The van der Waals surface area contributed by atoms with Crippen LogP contribution in [0, 0.1) is 0 Å². The molecule has 2 aromatic carbocycles. The lowest BCUT2D eigenvalue weighted by Crippen LogP contribution is -2.32. The number of nitrogens with zero attached hydrogens (tertiary/aromatic N) is 8. The summed E-state index contributed by atoms with van der Waals surface area (Å²) in [6.07, 6.45) is 8.17. The van der Waals surface area contributed by atoms with Crippen molar-refractivity contribution in [1.29, 1.82) is 0 Å². The molecule has 0 unspecified atom stereocenters. The van der Waals surface area contributed by atoms with Gasteiger partial charge in [-0.3, -0.25) is 4.79 Å². The first-order chi connectivity index (χ1) is 21.7. The summed E-state index contributed by atoms with van der Waals surface area (Å²) in [5.41, 5.74) is 4.82. The molecule has 0 bridgehead atoms. The Morgan fingerprint density at radius 3 is 2.43 bits per heavy atom. The molecule has 1 aliphatic heterocycles. The van der Waals surface area contributed by atoms with Crippen LogP contribution in [-0.4, -0.2) is 52.7 Å². The molecule has 12 heteroatoms. The van der Waals surface area contributed by atoms with Crippen molar-refractivity contribution < 1.29 is 9.21 Å². The Morgan fingerprint density at radius 1 is 0.841 bits per heavy atom. The highest BCUT2D eigenvalue weighted by Crippen LogP contribution is 2.38. The number of hydrogen-bond acceptors (Lipinski definition) is 10. The highest BCUT2D eigenvalue weighted by Gasteiger charge is 2.29. The number of hydrogen-bond donors (Lipinski definition) is 2. The van der Waals surface area contributed by atoms with Crippen LogP contribution in [-0.2, 0) is 4.79 Å². The molecule has 1 saturated carbocycles. The fourth-order valence-corrected chi connectivity index (χ4v) is 5.05. The Balaban J connectivity index is 1.15. The Hall–Kier alpha value is -6.04. The van der Waals surface area contributed by atoms with Crippen molar-refractivity contribution in [2.45, 2.75) is 24.9 Å². The van der Waals surface area contributed by atoms with Crippen LogP contribution in [0.25, 0.3) is 28.5 Å². The van der Waals surface area contributed by atoms with E-state index >= 15 is 0 Å². The number of aliphatic imine (C=N–C) groups is 1. The first-order valence-corrected chi connectivity index (χ1v) is 14.2. The predicted molar refractivity (Wildman–Crippen MR) is 162 cm³/mol. The normalized spacial score (nSPS) is 16.0. The average molecular weight is 581 g/mol. The van der Waals surface area contributed by atoms with E-state index in [0.29, 0.717) is 40.0 Å². The molecule has 2 N–H and O–H groups in total. The maximum absolute atomic E-state index is 13.3. The van der Waals surface area contributed by atoms with E-state index in [0.717, 1.165) is 29.8 Å². The van der Waals surface area contributed by atoms with Crippen LogP contribution in [0.2, 0.25) is 0 Å². The molecule has 214 valence electrons. The van der Waals surface area contributed by atoms with E-state index in [1.54, 1.807) is 29.5 Å². The van der Waals surface area contributed by atoms with E-state index < -0.39 is 6.17 Å². The molecule has 0 saturated heterocycles. The first-order valence-electron chi connectivity index (χ1n) is 14.2. The standard InChI is InChI=1S/C32H24N10O2/c43-30-29(37-26(19-8-2-1-3-9-19)22-10-4-5-11-24(22)36-30)38-32-40-39-31(44-32)23-18-42(25-12-6-7-15-33-25)41-27(23)21-16-34-28(35-17-21)20-13-14-20/h1-12,15-18,20,29H,13-14H2,(H,36,43)(H,38,40)/t29-/m1/s1. The van der Waals surface area contributed by atoms with Crippen molar-refractivity contribution in [3.8, 4) is 28.5 Å². The van der Waals surface area contributed by atoms with Crippen molar-refractivity contribution in [1.82, 2.24) is 34.9 Å². The fraction of sp³-hybridized carbons (Fsp3) is 0.125. The van der Waals surface area contributed by atoms with Gasteiger partial charge in [0.25, 0.3) is 11.8 Å². The lowest BCUT2D eigenvalue weighted by Gasteiger charge is -2.11. The molecule has 2 aliphatic rings. The maximum atomic E-state index is 13.3. The average Bonchev–Trinajstić information content (AvgIpc) is 3.70. The minimum absolute atomic E-state index is 0.0270. The lowest BCUT2D eigenvalue weighted by atomic mass is 10.0. The number of fused-ring (bicyclic) bond motifs is 1. The van der Waals surface area contributed by atoms with Crippen LogP contribution in [0.1, 0.15) is 35.7 Å². The molecule has 0 radical (unpaired) electrons. The number of pyridine rings is 1. The molecule has 1 aliphatic carbocycles. The quantitative estimate of drug-likeness (QED) is 0.269. The molecule has 1 amide bonds. The van der Waals surface area contributed by atoms with Gasteiger partial charge in [0.15, 0.2) is 5.82 Å². The van der Waals surface area contributed by atoms with Crippen molar-refractivity contribution >= 4 is 23.3 Å². The number of nitrogens with one attached hydrogen (secondary N) is 2. The number of benzene rings is 2. The van der Waals surface area contributed by atoms with Crippen LogP contribution in [0.15, 0.2) is 107 Å². The summed E-state index contributed by atoms with van der Waals surface area (Å²) in [6, 6.07) is 22.8. The molecule has 5 heterocycles. The van der Waals surface area contributed by atoms with Crippen LogP contribution < -0.4 is 10.6 Å². The van der Waals surface area contributed by atoms with Gasteiger partial charge in [0.1, 0.15) is 11.5 Å². The Bertz CT molecular complexity index is 2000. The zero-order chi connectivity index (χ0) is 29.5. The zero-order valence-corrected chi connectivity index (χ0v) is 23.2. The topological polar surface area (TPSA) is 149 Å². The third kappa shape index (κ3) is 4.87. The number of amides is 1. The van der Waals surface area contributed by atoms with Crippen LogP contribution >= 0.6 is 0 Å². The molecule has 1 atom stereocenters. The Labute approximate surface area is 251 Å². The van der Waals surface area contributed by atoms with Crippen molar-refractivity contribution in [3.05, 3.63) is 115 Å². The third-order valence-electron chi connectivity index (χ3n) is 7.40. The molecule has 12 nitrogen and oxygen atoms in total. The van der Waals surface area contributed by atoms with Gasteiger partial charge >= 0.3 is 6.01 Å². The van der Waals surface area contributed by atoms with E-state index in [1.165, 1.54) is 0 Å². The van der Waals surface area contributed by atoms with E-state index in [9.17, 15) is 4.79 Å². The predicted octanol–water partition coefficient (Wildman–Crippen LogP) is 4.88. The summed E-state index contributed by atoms with van der Waals surface area (Å²) in [6.45, 7) is 0. The number of anilines is 2. The molecular formula is C32H24N10O2. The molecule has 44 heavy (non-hydrogen) atoms. The molecule has 6 aromatic rings. The number of carbonyl (C=O) groups is 1. The Morgan fingerprint density at radius 2 is 1.64 bits per heavy atom. The van der Waals surface area contributed by atoms with E-state index in [-0.39, 0.29) is 17.8 Å². The van der Waals surface area contributed by atoms with Crippen LogP contribution in [0.5, 0.6) is 0 Å².